The number of carbonyl (C=O) groups is 2. The van der Waals surface area contributed by atoms with E-state index in [0.717, 1.165) is 11.3 Å². The number of pyridine rings is 1. The summed E-state index contributed by atoms with van der Waals surface area (Å²) in [6, 6.07) is 2.81. The Hall–Kier alpha value is -1.91. The van der Waals surface area contributed by atoms with E-state index in [4.69, 9.17) is 5.11 Å². The summed E-state index contributed by atoms with van der Waals surface area (Å²) in [7, 11) is 0. The van der Waals surface area contributed by atoms with Crippen LogP contribution >= 0.6 is 0 Å². The largest absolute Gasteiger partial charge is 0.480 e. The molecule has 1 heterocycles. The number of aryl methyl sites for hydroxylation is 1. The molecule has 2 atom stereocenters. The van der Waals surface area contributed by atoms with Crippen molar-refractivity contribution >= 4 is 11.9 Å². The number of amides is 1. The van der Waals surface area contributed by atoms with Crippen LogP contribution in [0.4, 0.5) is 0 Å². The summed E-state index contributed by atoms with van der Waals surface area (Å²) in [5, 5.41) is 11.7. The van der Waals surface area contributed by atoms with Gasteiger partial charge in [0.1, 0.15) is 6.04 Å². The Kier molecular flexibility index (Phi) is 5.48. The highest BCUT2D eigenvalue weighted by molar-refractivity contribution is 5.84. The summed E-state index contributed by atoms with van der Waals surface area (Å²) >= 11 is 0. The van der Waals surface area contributed by atoms with E-state index in [1.165, 1.54) is 0 Å². The fourth-order valence-electron chi connectivity index (χ4n) is 1.70. The van der Waals surface area contributed by atoms with Gasteiger partial charge in [0.25, 0.3) is 0 Å². The first-order chi connectivity index (χ1) is 8.93. The van der Waals surface area contributed by atoms with Gasteiger partial charge < -0.3 is 10.4 Å². The summed E-state index contributed by atoms with van der Waals surface area (Å²) in [6.07, 6.45) is 2.48. The van der Waals surface area contributed by atoms with Gasteiger partial charge in [0.15, 0.2) is 0 Å². The lowest BCUT2D eigenvalue weighted by Gasteiger charge is -2.20. The number of nitrogens with one attached hydrogen (secondary N) is 1. The lowest BCUT2D eigenvalue weighted by atomic mass is 9.99. The SMILES string of the molecule is CCC(C)C(NC(=O)Cc1ccc(C)nc1)C(=O)O. The number of carboxylic acid groups (broad SMARTS) is 1. The minimum atomic E-state index is -0.996. The molecular formula is C14H20N2O3. The van der Waals surface area contributed by atoms with Gasteiger partial charge in [0, 0.05) is 11.9 Å². The van der Waals surface area contributed by atoms with Gasteiger partial charge in [-0.3, -0.25) is 9.78 Å². The molecule has 2 unspecified atom stereocenters. The van der Waals surface area contributed by atoms with Crippen LogP contribution in [0.25, 0.3) is 0 Å². The van der Waals surface area contributed by atoms with Crippen molar-refractivity contribution in [1.29, 1.82) is 0 Å². The molecule has 5 nitrogen and oxygen atoms in total. The van der Waals surface area contributed by atoms with Crippen molar-refractivity contribution in [1.82, 2.24) is 10.3 Å². The number of rotatable bonds is 6. The molecule has 0 aromatic carbocycles. The predicted octanol–water partition coefficient (Wildman–Crippen LogP) is 1.55. The normalized spacial score (nSPS) is 13.6. The molecule has 0 aliphatic heterocycles. The van der Waals surface area contributed by atoms with E-state index in [9.17, 15) is 9.59 Å². The van der Waals surface area contributed by atoms with Gasteiger partial charge in [-0.25, -0.2) is 4.79 Å². The lowest BCUT2D eigenvalue weighted by molar-refractivity contribution is -0.143. The minimum absolute atomic E-state index is 0.0995. The average molecular weight is 264 g/mol. The van der Waals surface area contributed by atoms with Crippen LogP contribution in [0, 0.1) is 12.8 Å². The number of aromatic nitrogens is 1. The van der Waals surface area contributed by atoms with E-state index in [-0.39, 0.29) is 18.2 Å². The Morgan fingerprint density at radius 2 is 2.11 bits per heavy atom. The van der Waals surface area contributed by atoms with Crippen molar-refractivity contribution < 1.29 is 14.7 Å². The van der Waals surface area contributed by atoms with Gasteiger partial charge in [-0.15, -0.1) is 0 Å². The third-order valence-electron chi connectivity index (χ3n) is 3.13. The van der Waals surface area contributed by atoms with Gasteiger partial charge in [-0.1, -0.05) is 26.3 Å². The summed E-state index contributed by atoms with van der Waals surface area (Å²) in [6.45, 7) is 5.58. The van der Waals surface area contributed by atoms with Crippen LogP contribution in [0.2, 0.25) is 0 Å². The fourth-order valence-corrected chi connectivity index (χ4v) is 1.70. The van der Waals surface area contributed by atoms with Gasteiger partial charge in [-0.2, -0.15) is 0 Å². The lowest BCUT2D eigenvalue weighted by Crippen LogP contribution is -2.45. The van der Waals surface area contributed by atoms with Gasteiger partial charge in [0.2, 0.25) is 5.91 Å². The Labute approximate surface area is 113 Å². The molecule has 0 saturated carbocycles. The van der Waals surface area contributed by atoms with Crippen molar-refractivity contribution in [3.63, 3.8) is 0 Å². The van der Waals surface area contributed by atoms with E-state index in [1.54, 1.807) is 6.20 Å². The van der Waals surface area contributed by atoms with E-state index < -0.39 is 12.0 Å². The molecule has 1 aromatic heterocycles. The van der Waals surface area contributed by atoms with Crippen molar-refractivity contribution in [3.8, 4) is 0 Å². The highest BCUT2D eigenvalue weighted by atomic mass is 16.4. The number of hydrogen-bond donors (Lipinski definition) is 2. The third-order valence-corrected chi connectivity index (χ3v) is 3.13. The first-order valence-electron chi connectivity index (χ1n) is 6.37. The summed E-state index contributed by atoms with van der Waals surface area (Å²) in [4.78, 5) is 27.0. The highest BCUT2D eigenvalue weighted by Crippen LogP contribution is 2.08. The number of hydrogen-bond acceptors (Lipinski definition) is 3. The summed E-state index contributed by atoms with van der Waals surface area (Å²) in [5.41, 5.74) is 1.66. The molecule has 104 valence electrons. The summed E-state index contributed by atoms with van der Waals surface area (Å²) in [5.74, 6) is -1.39. The van der Waals surface area contributed by atoms with E-state index >= 15 is 0 Å². The van der Waals surface area contributed by atoms with Crippen LogP contribution in [0.3, 0.4) is 0 Å². The van der Waals surface area contributed by atoms with Crippen molar-refractivity contribution in [2.45, 2.75) is 39.7 Å². The number of aliphatic carboxylic acids is 1. The van der Waals surface area contributed by atoms with Crippen molar-refractivity contribution in [3.05, 3.63) is 29.6 Å². The monoisotopic (exact) mass is 264 g/mol. The molecular weight excluding hydrogens is 244 g/mol. The molecule has 0 aliphatic carbocycles. The fraction of sp³-hybridized carbons (Fsp3) is 0.500. The Morgan fingerprint density at radius 3 is 2.58 bits per heavy atom. The molecule has 1 aromatic rings. The zero-order valence-electron chi connectivity index (χ0n) is 11.5. The topological polar surface area (TPSA) is 79.3 Å². The van der Waals surface area contributed by atoms with Gasteiger partial charge in [0.05, 0.1) is 6.42 Å². The maximum absolute atomic E-state index is 11.8. The molecule has 0 bridgehead atoms. The zero-order valence-corrected chi connectivity index (χ0v) is 11.5. The summed E-state index contributed by atoms with van der Waals surface area (Å²) < 4.78 is 0. The molecule has 0 spiro atoms. The maximum Gasteiger partial charge on any atom is 0.326 e. The molecule has 5 heteroatoms. The molecule has 0 aliphatic rings. The molecule has 0 saturated heterocycles. The van der Waals surface area contributed by atoms with Crippen LogP contribution in [0.5, 0.6) is 0 Å². The smallest absolute Gasteiger partial charge is 0.326 e. The molecule has 0 radical (unpaired) electrons. The first kappa shape index (κ1) is 15.1. The second-order valence-electron chi connectivity index (χ2n) is 4.75. The first-order valence-corrected chi connectivity index (χ1v) is 6.37. The Morgan fingerprint density at radius 1 is 1.42 bits per heavy atom. The Balaban J connectivity index is 2.62. The van der Waals surface area contributed by atoms with E-state index in [0.29, 0.717) is 6.42 Å². The number of nitrogens with zero attached hydrogens (tertiary/aromatic N) is 1. The molecule has 1 amide bonds. The van der Waals surface area contributed by atoms with Crippen molar-refractivity contribution in [2.24, 2.45) is 5.92 Å². The number of carbonyl (C=O) groups excluding carboxylic acids is 1. The highest BCUT2D eigenvalue weighted by Gasteiger charge is 2.25. The van der Waals surface area contributed by atoms with Gasteiger partial charge in [-0.05, 0) is 24.5 Å². The standard InChI is InChI=1S/C14H20N2O3/c1-4-9(2)13(14(18)19)16-12(17)7-11-6-5-10(3)15-8-11/h5-6,8-9,13H,4,7H2,1-3H3,(H,16,17)(H,18,19). The van der Waals surface area contributed by atoms with E-state index in [1.807, 2.05) is 32.9 Å². The quantitative estimate of drug-likeness (QED) is 0.817. The molecule has 1 rings (SSSR count). The molecule has 0 fully saturated rings. The number of carboxylic acids is 1. The van der Waals surface area contributed by atoms with Crippen LogP contribution in [-0.2, 0) is 16.0 Å². The zero-order chi connectivity index (χ0) is 14.4. The van der Waals surface area contributed by atoms with E-state index in [2.05, 4.69) is 10.3 Å². The second-order valence-corrected chi connectivity index (χ2v) is 4.75. The molecule has 2 N–H and O–H groups in total. The predicted molar refractivity (Wildman–Crippen MR) is 71.7 cm³/mol. The second kappa shape index (κ2) is 6.87. The average Bonchev–Trinajstić information content (AvgIpc) is 2.37. The third kappa shape index (κ3) is 4.69. The van der Waals surface area contributed by atoms with Crippen LogP contribution in [0.1, 0.15) is 31.5 Å². The Bertz CT molecular complexity index is 443. The van der Waals surface area contributed by atoms with Crippen LogP contribution in [0.15, 0.2) is 18.3 Å². The minimum Gasteiger partial charge on any atom is -0.480 e. The van der Waals surface area contributed by atoms with Crippen molar-refractivity contribution in [2.75, 3.05) is 0 Å². The van der Waals surface area contributed by atoms with Gasteiger partial charge >= 0.3 is 5.97 Å². The van der Waals surface area contributed by atoms with Crippen LogP contribution in [-0.4, -0.2) is 28.0 Å². The molecule has 19 heavy (non-hydrogen) atoms. The maximum atomic E-state index is 11.8. The van der Waals surface area contributed by atoms with Crippen LogP contribution < -0.4 is 5.32 Å².